The summed E-state index contributed by atoms with van der Waals surface area (Å²) in [6.45, 7) is 6.50. The van der Waals surface area contributed by atoms with Crippen LogP contribution in [-0.4, -0.2) is 42.1 Å². The predicted octanol–water partition coefficient (Wildman–Crippen LogP) is 1.00. The first-order valence-corrected chi connectivity index (χ1v) is 6.39. The highest BCUT2D eigenvalue weighted by atomic mass is 15.3. The minimum atomic E-state index is 0.287. The van der Waals surface area contributed by atoms with Crippen LogP contribution in [0.25, 0.3) is 0 Å². The summed E-state index contributed by atoms with van der Waals surface area (Å²) in [6, 6.07) is 0. The van der Waals surface area contributed by atoms with Gasteiger partial charge in [-0.15, -0.1) is 0 Å². The van der Waals surface area contributed by atoms with Crippen molar-refractivity contribution in [2.24, 2.45) is 11.8 Å². The van der Waals surface area contributed by atoms with Gasteiger partial charge in [-0.3, -0.25) is 0 Å². The fourth-order valence-electron chi connectivity index (χ4n) is 2.54. The third-order valence-corrected chi connectivity index (χ3v) is 3.18. The van der Waals surface area contributed by atoms with Gasteiger partial charge < -0.3 is 15.5 Å². The SMILES string of the molecule is CC1CC(C)CN(c2nc(N)nc(N(C)C)n2)C1. The number of nitrogen functional groups attached to an aromatic ring is 1. The highest BCUT2D eigenvalue weighted by molar-refractivity contribution is 5.43. The normalized spacial score (nSPS) is 24.1. The van der Waals surface area contributed by atoms with E-state index in [-0.39, 0.29) is 5.95 Å². The van der Waals surface area contributed by atoms with E-state index in [4.69, 9.17) is 5.73 Å². The lowest BCUT2D eigenvalue weighted by atomic mass is 9.92. The monoisotopic (exact) mass is 250 g/mol. The van der Waals surface area contributed by atoms with E-state index in [0.29, 0.717) is 23.7 Å². The second-order valence-electron chi connectivity index (χ2n) is 5.54. The Labute approximate surface area is 108 Å². The Hall–Kier alpha value is -1.59. The molecule has 0 saturated carbocycles. The smallest absolute Gasteiger partial charge is 0.231 e. The van der Waals surface area contributed by atoms with Crippen molar-refractivity contribution in [1.29, 1.82) is 0 Å². The van der Waals surface area contributed by atoms with Gasteiger partial charge >= 0.3 is 0 Å². The number of rotatable bonds is 2. The van der Waals surface area contributed by atoms with Gasteiger partial charge in [0.2, 0.25) is 17.8 Å². The van der Waals surface area contributed by atoms with Gasteiger partial charge in [0.15, 0.2) is 0 Å². The van der Waals surface area contributed by atoms with Crippen molar-refractivity contribution in [2.75, 3.05) is 42.7 Å². The van der Waals surface area contributed by atoms with Crippen molar-refractivity contribution >= 4 is 17.8 Å². The summed E-state index contributed by atoms with van der Waals surface area (Å²) >= 11 is 0. The first-order valence-electron chi connectivity index (χ1n) is 6.39. The molecule has 100 valence electrons. The predicted molar refractivity (Wildman–Crippen MR) is 73.7 cm³/mol. The molecule has 2 unspecified atom stereocenters. The van der Waals surface area contributed by atoms with Crippen LogP contribution in [-0.2, 0) is 0 Å². The summed E-state index contributed by atoms with van der Waals surface area (Å²) in [5, 5.41) is 0. The third-order valence-electron chi connectivity index (χ3n) is 3.18. The van der Waals surface area contributed by atoms with Gasteiger partial charge in [-0.1, -0.05) is 13.8 Å². The summed E-state index contributed by atoms with van der Waals surface area (Å²) in [6.07, 6.45) is 1.26. The molecule has 0 radical (unpaired) electrons. The number of nitrogens with two attached hydrogens (primary N) is 1. The van der Waals surface area contributed by atoms with E-state index in [9.17, 15) is 0 Å². The largest absolute Gasteiger partial charge is 0.368 e. The summed E-state index contributed by atoms with van der Waals surface area (Å²) in [5.41, 5.74) is 5.76. The highest BCUT2D eigenvalue weighted by Gasteiger charge is 2.24. The van der Waals surface area contributed by atoms with Crippen LogP contribution in [0.2, 0.25) is 0 Å². The Balaban J connectivity index is 2.26. The Morgan fingerprint density at radius 2 is 1.72 bits per heavy atom. The zero-order valence-corrected chi connectivity index (χ0v) is 11.6. The average Bonchev–Trinajstić information content (AvgIpc) is 2.26. The zero-order chi connectivity index (χ0) is 13.3. The van der Waals surface area contributed by atoms with E-state index in [1.807, 2.05) is 19.0 Å². The molecule has 0 amide bonds. The fraction of sp³-hybridized carbons (Fsp3) is 0.750. The van der Waals surface area contributed by atoms with E-state index in [1.165, 1.54) is 6.42 Å². The van der Waals surface area contributed by atoms with Gasteiger partial charge in [-0.2, -0.15) is 15.0 Å². The maximum Gasteiger partial charge on any atom is 0.231 e. The molecular formula is C12H22N6. The number of anilines is 3. The van der Waals surface area contributed by atoms with E-state index in [1.54, 1.807) is 0 Å². The van der Waals surface area contributed by atoms with Crippen molar-refractivity contribution in [3.8, 4) is 0 Å². The lowest BCUT2D eigenvalue weighted by molar-refractivity contribution is 0.353. The topological polar surface area (TPSA) is 71.2 Å². The molecule has 2 N–H and O–H groups in total. The number of piperidine rings is 1. The van der Waals surface area contributed by atoms with E-state index < -0.39 is 0 Å². The van der Waals surface area contributed by atoms with Gasteiger partial charge in [0.1, 0.15) is 0 Å². The molecule has 1 saturated heterocycles. The van der Waals surface area contributed by atoms with Crippen LogP contribution in [0, 0.1) is 11.8 Å². The molecule has 1 aliphatic rings. The standard InChI is InChI=1S/C12H22N6/c1-8-5-9(2)7-18(6-8)12-15-10(13)14-11(16-12)17(3)4/h8-9H,5-7H2,1-4H3,(H2,13,14,15,16). The minimum absolute atomic E-state index is 0.287. The number of nitrogens with zero attached hydrogens (tertiary/aromatic N) is 5. The lowest BCUT2D eigenvalue weighted by Crippen LogP contribution is -2.40. The van der Waals surface area contributed by atoms with Gasteiger partial charge in [-0.25, -0.2) is 0 Å². The Morgan fingerprint density at radius 1 is 1.11 bits per heavy atom. The first kappa shape index (κ1) is 12.9. The Morgan fingerprint density at radius 3 is 2.28 bits per heavy atom. The summed E-state index contributed by atoms with van der Waals surface area (Å²) in [4.78, 5) is 16.9. The molecule has 6 nitrogen and oxygen atoms in total. The molecule has 1 aromatic heterocycles. The van der Waals surface area contributed by atoms with Crippen molar-refractivity contribution in [3.63, 3.8) is 0 Å². The molecule has 1 fully saturated rings. The van der Waals surface area contributed by atoms with Crippen LogP contribution in [0.15, 0.2) is 0 Å². The van der Waals surface area contributed by atoms with Crippen molar-refractivity contribution in [3.05, 3.63) is 0 Å². The maximum absolute atomic E-state index is 5.76. The third kappa shape index (κ3) is 2.80. The second-order valence-corrected chi connectivity index (χ2v) is 5.54. The van der Waals surface area contributed by atoms with Crippen LogP contribution in [0.1, 0.15) is 20.3 Å². The molecule has 2 heterocycles. The molecule has 0 bridgehead atoms. The van der Waals surface area contributed by atoms with E-state index >= 15 is 0 Å². The quantitative estimate of drug-likeness (QED) is 0.844. The van der Waals surface area contributed by atoms with Crippen molar-refractivity contribution in [1.82, 2.24) is 15.0 Å². The minimum Gasteiger partial charge on any atom is -0.368 e. The second kappa shape index (κ2) is 4.96. The van der Waals surface area contributed by atoms with Crippen molar-refractivity contribution < 1.29 is 0 Å². The molecule has 1 aliphatic heterocycles. The van der Waals surface area contributed by atoms with Gasteiger partial charge in [0.25, 0.3) is 0 Å². The van der Waals surface area contributed by atoms with Gasteiger partial charge in [0, 0.05) is 27.2 Å². The Bertz CT molecular complexity index is 409. The Kier molecular flexibility index (Phi) is 3.54. The average molecular weight is 250 g/mol. The molecule has 0 aromatic carbocycles. The molecule has 6 heteroatoms. The molecule has 2 rings (SSSR count). The van der Waals surface area contributed by atoms with E-state index in [0.717, 1.165) is 13.1 Å². The zero-order valence-electron chi connectivity index (χ0n) is 11.6. The highest BCUT2D eigenvalue weighted by Crippen LogP contribution is 2.24. The van der Waals surface area contributed by atoms with Crippen LogP contribution in [0.3, 0.4) is 0 Å². The number of hydrogen-bond acceptors (Lipinski definition) is 6. The molecule has 2 atom stereocenters. The van der Waals surface area contributed by atoms with Gasteiger partial charge in [-0.05, 0) is 18.3 Å². The number of aromatic nitrogens is 3. The molecule has 0 aliphatic carbocycles. The molecule has 0 spiro atoms. The summed E-state index contributed by atoms with van der Waals surface area (Å²) < 4.78 is 0. The summed E-state index contributed by atoms with van der Waals surface area (Å²) in [5.74, 6) is 2.92. The van der Waals surface area contributed by atoms with Crippen LogP contribution in [0.5, 0.6) is 0 Å². The van der Waals surface area contributed by atoms with Crippen LogP contribution in [0.4, 0.5) is 17.8 Å². The van der Waals surface area contributed by atoms with Gasteiger partial charge in [0.05, 0.1) is 0 Å². The summed E-state index contributed by atoms with van der Waals surface area (Å²) in [7, 11) is 3.81. The first-order chi connectivity index (χ1) is 8.45. The number of hydrogen-bond donors (Lipinski definition) is 1. The van der Waals surface area contributed by atoms with E-state index in [2.05, 4.69) is 33.7 Å². The van der Waals surface area contributed by atoms with Crippen molar-refractivity contribution in [2.45, 2.75) is 20.3 Å². The lowest BCUT2D eigenvalue weighted by Gasteiger charge is -2.35. The van der Waals surface area contributed by atoms with Crippen LogP contribution >= 0.6 is 0 Å². The molecular weight excluding hydrogens is 228 g/mol. The molecule has 18 heavy (non-hydrogen) atoms. The fourth-order valence-corrected chi connectivity index (χ4v) is 2.54. The maximum atomic E-state index is 5.76. The molecule has 1 aromatic rings. The van der Waals surface area contributed by atoms with Crippen LogP contribution < -0.4 is 15.5 Å².